The molecule has 28 heavy (non-hydrogen) atoms. The van der Waals surface area contributed by atoms with Crippen molar-refractivity contribution in [3.63, 3.8) is 0 Å². The van der Waals surface area contributed by atoms with Gasteiger partial charge in [-0.2, -0.15) is 0 Å². The van der Waals surface area contributed by atoms with Crippen LogP contribution in [0.3, 0.4) is 0 Å². The number of hydrogen-bond acceptors (Lipinski definition) is 4. The van der Waals surface area contributed by atoms with Gasteiger partial charge in [0.05, 0.1) is 5.56 Å². The summed E-state index contributed by atoms with van der Waals surface area (Å²) in [5.74, 6) is -0.247. The lowest BCUT2D eigenvalue weighted by molar-refractivity contribution is -0.136. The predicted molar refractivity (Wildman–Crippen MR) is 102 cm³/mol. The van der Waals surface area contributed by atoms with E-state index in [0.717, 1.165) is 16.7 Å². The second kappa shape index (κ2) is 7.44. The molecule has 0 saturated carbocycles. The zero-order chi connectivity index (χ0) is 19.5. The molecule has 2 N–H and O–H groups in total. The number of carboxylic acids is 1. The van der Waals surface area contributed by atoms with E-state index in [4.69, 9.17) is 14.6 Å². The Hall–Kier alpha value is -3.80. The Morgan fingerprint density at radius 3 is 2.18 bits per heavy atom. The highest BCUT2D eigenvalue weighted by Crippen LogP contribution is 2.33. The average molecular weight is 375 g/mol. The number of carboxylic acid groups (broad SMARTS) is 1. The molecule has 0 radical (unpaired) electrons. The van der Waals surface area contributed by atoms with Gasteiger partial charge in [0, 0.05) is 6.54 Å². The van der Waals surface area contributed by atoms with Gasteiger partial charge in [0.2, 0.25) is 0 Å². The SMILES string of the molecule is O=C(O)c1cccc(-c2cccc(CNC(=O)C3Oc4ccccc4O3)c2)c1. The van der Waals surface area contributed by atoms with Crippen molar-refractivity contribution in [3.8, 4) is 22.6 Å². The van der Waals surface area contributed by atoms with Crippen LogP contribution in [0.2, 0.25) is 0 Å². The van der Waals surface area contributed by atoms with Crippen LogP contribution >= 0.6 is 0 Å². The topological polar surface area (TPSA) is 84.9 Å². The summed E-state index contributed by atoms with van der Waals surface area (Å²) in [7, 11) is 0. The molecule has 1 amide bonds. The summed E-state index contributed by atoms with van der Waals surface area (Å²) >= 11 is 0. The first-order valence-corrected chi connectivity index (χ1v) is 8.73. The predicted octanol–water partition coefficient (Wildman–Crippen LogP) is 3.47. The number of carbonyl (C=O) groups excluding carboxylic acids is 1. The average Bonchev–Trinajstić information content (AvgIpc) is 3.17. The summed E-state index contributed by atoms with van der Waals surface area (Å²) in [5.41, 5.74) is 2.77. The van der Waals surface area contributed by atoms with Crippen LogP contribution in [0.5, 0.6) is 11.5 Å². The molecule has 0 aliphatic carbocycles. The van der Waals surface area contributed by atoms with E-state index in [1.165, 1.54) is 0 Å². The molecular formula is C22H17NO5. The third kappa shape index (κ3) is 3.66. The first kappa shape index (κ1) is 17.6. The number of fused-ring (bicyclic) bond motifs is 1. The van der Waals surface area contributed by atoms with Crippen molar-refractivity contribution in [2.24, 2.45) is 0 Å². The molecule has 0 aromatic heterocycles. The standard InChI is InChI=1S/C22H17NO5/c24-20(22-27-18-9-1-2-10-19(18)28-22)23-13-14-5-3-6-15(11-14)16-7-4-8-17(12-16)21(25)26/h1-12,22H,13H2,(H,23,24)(H,25,26). The zero-order valence-electron chi connectivity index (χ0n) is 14.8. The van der Waals surface area contributed by atoms with Crippen molar-refractivity contribution in [2.45, 2.75) is 12.8 Å². The maximum absolute atomic E-state index is 12.3. The number of hydrogen-bond donors (Lipinski definition) is 2. The Labute approximate surface area is 161 Å². The molecule has 1 heterocycles. The van der Waals surface area contributed by atoms with Gasteiger partial charge >= 0.3 is 18.2 Å². The highest BCUT2D eigenvalue weighted by molar-refractivity contribution is 5.89. The molecule has 1 aliphatic rings. The number of aromatic carboxylic acids is 1. The Morgan fingerprint density at radius 1 is 0.857 bits per heavy atom. The lowest BCUT2D eigenvalue weighted by atomic mass is 10.0. The molecule has 0 unspecified atom stereocenters. The smallest absolute Gasteiger partial charge is 0.335 e. The van der Waals surface area contributed by atoms with Gasteiger partial charge in [-0.05, 0) is 47.0 Å². The first-order valence-electron chi connectivity index (χ1n) is 8.73. The van der Waals surface area contributed by atoms with Crippen LogP contribution in [0.25, 0.3) is 11.1 Å². The summed E-state index contributed by atoms with van der Waals surface area (Å²) in [6.07, 6.45) is -1.01. The van der Waals surface area contributed by atoms with E-state index in [9.17, 15) is 9.59 Å². The number of ether oxygens (including phenoxy) is 2. The molecule has 1 aliphatic heterocycles. The van der Waals surface area contributed by atoms with Crippen LogP contribution in [-0.4, -0.2) is 23.3 Å². The number of nitrogens with one attached hydrogen (secondary N) is 1. The summed E-state index contributed by atoms with van der Waals surface area (Å²) in [5, 5.41) is 12.0. The Balaban J connectivity index is 1.42. The molecule has 3 aromatic carbocycles. The second-order valence-corrected chi connectivity index (χ2v) is 6.32. The number of benzene rings is 3. The van der Waals surface area contributed by atoms with Crippen LogP contribution in [0, 0.1) is 0 Å². The lowest BCUT2D eigenvalue weighted by Gasteiger charge is -2.11. The molecule has 0 bridgehead atoms. The fraction of sp³-hybridized carbons (Fsp3) is 0.0909. The van der Waals surface area contributed by atoms with Crippen LogP contribution in [0.1, 0.15) is 15.9 Å². The van der Waals surface area contributed by atoms with Gasteiger partial charge in [0.15, 0.2) is 11.5 Å². The minimum Gasteiger partial charge on any atom is -0.478 e. The van der Waals surface area contributed by atoms with Gasteiger partial charge in [-0.1, -0.05) is 42.5 Å². The molecule has 3 aromatic rings. The Morgan fingerprint density at radius 2 is 1.50 bits per heavy atom. The van der Waals surface area contributed by atoms with E-state index in [-0.39, 0.29) is 11.5 Å². The van der Waals surface area contributed by atoms with E-state index in [2.05, 4.69) is 5.32 Å². The van der Waals surface area contributed by atoms with Crippen LogP contribution < -0.4 is 14.8 Å². The van der Waals surface area contributed by atoms with Crippen molar-refractivity contribution in [1.82, 2.24) is 5.32 Å². The maximum Gasteiger partial charge on any atom is 0.335 e. The molecular weight excluding hydrogens is 358 g/mol. The minimum absolute atomic E-state index is 0.228. The zero-order valence-corrected chi connectivity index (χ0v) is 14.8. The van der Waals surface area contributed by atoms with Crippen molar-refractivity contribution in [1.29, 1.82) is 0 Å². The first-order chi connectivity index (χ1) is 13.6. The molecule has 0 fully saturated rings. The van der Waals surface area contributed by atoms with E-state index in [0.29, 0.717) is 18.0 Å². The van der Waals surface area contributed by atoms with Gasteiger partial charge in [-0.15, -0.1) is 0 Å². The lowest BCUT2D eigenvalue weighted by Crippen LogP contribution is -2.39. The molecule has 6 nitrogen and oxygen atoms in total. The van der Waals surface area contributed by atoms with E-state index in [1.54, 1.807) is 30.3 Å². The number of amides is 1. The van der Waals surface area contributed by atoms with E-state index < -0.39 is 12.3 Å². The minimum atomic E-state index is -1.01. The highest BCUT2D eigenvalue weighted by atomic mass is 16.7. The number of rotatable bonds is 5. The van der Waals surface area contributed by atoms with Gasteiger partial charge in [0.25, 0.3) is 0 Å². The van der Waals surface area contributed by atoms with Gasteiger partial charge in [-0.25, -0.2) is 4.79 Å². The summed E-state index contributed by atoms with van der Waals surface area (Å²) in [6, 6.07) is 21.4. The van der Waals surface area contributed by atoms with Gasteiger partial charge in [-0.3, -0.25) is 4.79 Å². The third-order valence-electron chi connectivity index (χ3n) is 4.37. The monoisotopic (exact) mass is 375 g/mol. The number of para-hydroxylation sites is 2. The molecule has 0 atom stereocenters. The summed E-state index contributed by atoms with van der Waals surface area (Å²) in [6.45, 7) is 0.296. The molecule has 6 heteroatoms. The van der Waals surface area contributed by atoms with Crippen molar-refractivity contribution in [2.75, 3.05) is 0 Å². The fourth-order valence-corrected chi connectivity index (χ4v) is 2.97. The fourth-order valence-electron chi connectivity index (χ4n) is 2.97. The Bertz CT molecular complexity index is 1020. The maximum atomic E-state index is 12.3. The third-order valence-corrected chi connectivity index (χ3v) is 4.37. The van der Waals surface area contributed by atoms with Crippen molar-refractivity contribution in [3.05, 3.63) is 83.9 Å². The van der Waals surface area contributed by atoms with Crippen molar-refractivity contribution < 1.29 is 24.2 Å². The van der Waals surface area contributed by atoms with E-state index in [1.807, 2.05) is 42.5 Å². The summed E-state index contributed by atoms with van der Waals surface area (Å²) in [4.78, 5) is 23.5. The molecule has 0 spiro atoms. The Kier molecular flexibility index (Phi) is 4.68. The molecule has 140 valence electrons. The summed E-state index contributed by atoms with van der Waals surface area (Å²) < 4.78 is 11.0. The van der Waals surface area contributed by atoms with Gasteiger partial charge in [0.1, 0.15) is 0 Å². The molecule has 0 saturated heterocycles. The van der Waals surface area contributed by atoms with Crippen LogP contribution in [0.15, 0.2) is 72.8 Å². The van der Waals surface area contributed by atoms with E-state index >= 15 is 0 Å². The quantitative estimate of drug-likeness (QED) is 0.713. The van der Waals surface area contributed by atoms with Crippen LogP contribution in [-0.2, 0) is 11.3 Å². The molecule has 4 rings (SSSR count). The second-order valence-electron chi connectivity index (χ2n) is 6.32. The van der Waals surface area contributed by atoms with Crippen molar-refractivity contribution >= 4 is 11.9 Å². The normalized spacial score (nSPS) is 12.6. The largest absolute Gasteiger partial charge is 0.478 e. The van der Waals surface area contributed by atoms with Crippen LogP contribution in [0.4, 0.5) is 0 Å². The highest BCUT2D eigenvalue weighted by Gasteiger charge is 2.30. The number of carbonyl (C=O) groups is 2. The van der Waals surface area contributed by atoms with Gasteiger partial charge < -0.3 is 19.9 Å².